The molecule has 0 bridgehead atoms. The predicted octanol–water partition coefficient (Wildman–Crippen LogP) is 2.62. The lowest BCUT2D eigenvalue weighted by atomic mass is 9.90. The Morgan fingerprint density at radius 1 is 1.23 bits per heavy atom. The zero-order chi connectivity index (χ0) is 9.36. The third kappa shape index (κ3) is 4.81. The highest BCUT2D eigenvalue weighted by Crippen LogP contribution is 2.21. The molecule has 1 aliphatic rings. The van der Waals surface area contributed by atoms with E-state index >= 15 is 0 Å². The van der Waals surface area contributed by atoms with Gasteiger partial charge in [0.05, 0.1) is 0 Å². The third-order valence-electron chi connectivity index (χ3n) is 2.58. The van der Waals surface area contributed by atoms with Crippen molar-refractivity contribution in [3.05, 3.63) is 0 Å². The van der Waals surface area contributed by atoms with Crippen molar-refractivity contribution >= 4 is 12.5 Å². The van der Waals surface area contributed by atoms with E-state index in [1.54, 1.807) is 0 Å². The van der Waals surface area contributed by atoms with Crippen molar-refractivity contribution < 1.29 is 4.79 Å². The average molecular weight is 181 g/mol. The van der Waals surface area contributed by atoms with E-state index in [1.807, 2.05) is 0 Å². The SMILES string of the molecule is O=CCCCN=CC1CCCCC1. The van der Waals surface area contributed by atoms with Crippen molar-refractivity contribution in [1.82, 2.24) is 0 Å². The summed E-state index contributed by atoms with van der Waals surface area (Å²) < 4.78 is 0. The van der Waals surface area contributed by atoms with Gasteiger partial charge >= 0.3 is 0 Å². The number of nitrogens with zero attached hydrogens (tertiary/aromatic N) is 1. The number of aldehydes is 1. The van der Waals surface area contributed by atoms with Crippen LogP contribution in [0.5, 0.6) is 0 Å². The van der Waals surface area contributed by atoms with E-state index in [4.69, 9.17) is 0 Å². The Hall–Kier alpha value is -0.660. The molecular weight excluding hydrogens is 162 g/mol. The number of unbranched alkanes of at least 4 members (excludes halogenated alkanes) is 1. The monoisotopic (exact) mass is 181 g/mol. The van der Waals surface area contributed by atoms with Crippen molar-refractivity contribution in [2.45, 2.75) is 44.9 Å². The summed E-state index contributed by atoms with van der Waals surface area (Å²) in [5, 5.41) is 0. The van der Waals surface area contributed by atoms with E-state index in [2.05, 4.69) is 11.2 Å². The first kappa shape index (κ1) is 10.4. The minimum atomic E-state index is 0.655. The van der Waals surface area contributed by atoms with Crippen molar-refractivity contribution in [3.8, 4) is 0 Å². The molecule has 0 unspecified atom stereocenters. The molecule has 0 aromatic rings. The van der Waals surface area contributed by atoms with Gasteiger partial charge in [0.1, 0.15) is 6.29 Å². The highest BCUT2D eigenvalue weighted by Gasteiger charge is 2.09. The van der Waals surface area contributed by atoms with E-state index in [0.29, 0.717) is 6.42 Å². The van der Waals surface area contributed by atoms with Crippen LogP contribution in [0.15, 0.2) is 4.99 Å². The van der Waals surface area contributed by atoms with Crippen LogP contribution in [0, 0.1) is 5.92 Å². The summed E-state index contributed by atoms with van der Waals surface area (Å²) in [6, 6.07) is 0. The van der Waals surface area contributed by atoms with Gasteiger partial charge in [0, 0.05) is 19.2 Å². The molecule has 0 aromatic heterocycles. The molecule has 0 aromatic carbocycles. The molecule has 0 amide bonds. The zero-order valence-electron chi connectivity index (χ0n) is 8.24. The summed E-state index contributed by atoms with van der Waals surface area (Å²) in [5.41, 5.74) is 0. The van der Waals surface area contributed by atoms with Gasteiger partial charge in [-0.05, 0) is 25.2 Å². The fourth-order valence-electron chi connectivity index (χ4n) is 1.77. The van der Waals surface area contributed by atoms with Crippen LogP contribution in [0.1, 0.15) is 44.9 Å². The Morgan fingerprint density at radius 3 is 2.69 bits per heavy atom. The van der Waals surface area contributed by atoms with Crippen molar-refractivity contribution in [2.75, 3.05) is 6.54 Å². The molecule has 0 atom stereocenters. The van der Waals surface area contributed by atoms with Crippen LogP contribution in [0.4, 0.5) is 0 Å². The van der Waals surface area contributed by atoms with Crippen LogP contribution in [-0.2, 0) is 4.79 Å². The molecule has 0 radical (unpaired) electrons. The van der Waals surface area contributed by atoms with Gasteiger partial charge in [-0.3, -0.25) is 4.99 Å². The summed E-state index contributed by atoms with van der Waals surface area (Å²) >= 11 is 0. The minimum Gasteiger partial charge on any atom is -0.303 e. The fourth-order valence-corrected chi connectivity index (χ4v) is 1.77. The molecule has 2 nitrogen and oxygen atoms in total. The normalized spacial score (nSPS) is 19.4. The second-order valence-electron chi connectivity index (χ2n) is 3.76. The van der Waals surface area contributed by atoms with E-state index < -0.39 is 0 Å². The summed E-state index contributed by atoms with van der Waals surface area (Å²) in [7, 11) is 0. The van der Waals surface area contributed by atoms with Crippen LogP contribution >= 0.6 is 0 Å². The fraction of sp³-hybridized carbons (Fsp3) is 0.818. The number of carbonyl (C=O) groups is 1. The van der Waals surface area contributed by atoms with Crippen molar-refractivity contribution in [1.29, 1.82) is 0 Å². The second-order valence-corrected chi connectivity index (χ2v) is 3.76. The molecule has 1 aliphatic carbocycles. The Morgan fingerprint density at radius 2 is 2.00 bits per heavy atom. The van der Waals surface area contributed by atoms with Crippen molar-refractivity contribution in [3.63, 3.8) is 0 Å². The molecule has 0 N–H and O–H groups in total. The maximum absolute atomic E-state index is 10.0. The van der Waals surface area contributed by atoms with Crippen LogP contribution < -0.4 is 0 Å². The molecule has 1 fully saturated rings. The third-order valence-corrected chi connectivity index (χ3v) is 2.58. The lowest BCUT2D eigenvalue weighted by Crippen LogP contribution is -2.07. The maximum atomic E-state index is 10.0. The number of hydrogen-bond acceptors (Lipinski definition) is 2. The van der Waals surface area contributed by atoms with E-state index in [-0.39, 0.29) is 0 Å². The summed E-state index contributed by atoms with van der Waals surface area (Å²) in [6.07, 6.45) is 11.4. The highest BCUT2D eigenvalue weighted by molar-refractivity contribution is 5.60. The molecule has 0 heterocycles. The Labute approximate surface area is 80.4 Å². The largest absolute Gasteiger partial charge is 0.303 e. The molecule has 74 valence electrons. The molecule has 0 spiro atoms. The zero-order valence-corrected chi connectivity index (χ0v) is 8.24. The van der Waals surface area contributed by atoms with Crippen LogP contribution in [-0.4, -0.2) is 19.0 Å². The van der Waals surface area contributed by atoms with Gasteiger partial charge < -0.3 is 4.79 Å². The number of rotatable bonds is 5. The van der Waals surface area contributed by atoms with E-state index in [1.165, 1.54) is 32.1 Å². The minimum absolute atomic E-state index is 0.655. The molecule has 13 heavy (non-hydrogen) atoms. The number of carbonyl (C=O) groups excluding carboxylic acids is 1. The van der Waals surface area contributed by atoms with E-state index in [9.17, 15) is 4.79 Å². The smallest absolute Gasteiger partial charge is 0.120 e. The average Bonchev–Trinajstić information content (AvgIpc) is 2.19. The molecule has 0 saturated heterocycles. The molecule has 1 rings (SSSR count). The van der Waals surface area contributed by atoms with Gasteiger partial charge in [0.25, 0.3) is 0 Å². The Bertz CT molecular complexity index is 159. The Balaban J connectivity index is 2.04. The van der Waals surface area contributed by atoms with Gasteiger partial charge in [0.2, 0.25) is 0 Å². The van der Waals surface area contributed by atoms with E-state index in [0.717, 1.165) is 25.2 Å². The number of aliphatic imine (C=N–C) groups is 1. The second kappa shape index (κ2) is 6.81. The topological polar surface area (TPSA) is 29.4 Å². The van der Waals surface area contributed by atoms with Crippen LogP contribution in [0.2, 0.25) is 0 Å². The first-order valence-electron chi connectivity index (χ1n) is 5.37. The van der Waals surface area contributed by atoms with Gasteiger partial charge in [-0.25, -0.2) is 0 Å². The van der Waals surface area contributed by atoms with Crippen LogP contribution in [0.3, 0.4) is 0 Å². The first-order chi connectivity index (χ1) is 6.43. The van der Waals surface area contributed by atoms with Gasteiger partial charge in [-0.15, -0.1) is 0 Å². The van der Waals surface area contributed by atoms with Crippen molar-refractivity contribution in [2.24, 2.45) is 10.9 Å². The molecule has 2 heteroatoms. The number of hydrogen-bond donors (Lipinski definition) is 0. The maximum Gasteiger partial charge on any atom is 0.120 e. The summed E-state index contributed by atoms with van der Waals surface area (Å²) in [6.45, 7) is 0.829. The standard InChI is InChI=1S/C11H19NO/c13-9-5-4-8-12-10-11-6-2-1-3-7-11/h9-11H,1-8H2. The molecule has 0 aliphatic heterocycles. The quantitative estimate of drug-likeness (QED) is 0.364. The lowest BCUT2D eigenvalue weighted by Gasteiger charge is -2.16. The lowest BCUT2D eigenvalue weighted by molar-refractivity contribution is -0.107. The highest BCUT2D eigenvalue weighted by atomic mass is 16.1. The molecule has 1 saturated carbocycles. The first-order valence-corrected chi connectivity index (χ1v) is 5.37. The van der Waals surface area contributed by atoms with Gasteiger partial charge in [0.15, 0.2) is 0 Å². The Kier molecular flexibility index (Phi) is 5.46. The van der Waals surface area contributed by atoms with Crippen LogP contribution in [0.25, 0.3) is 0 Å². The van der Waals surface area contributed by atoms with Gasteiger partial charge in [-0.2, -0.15) is 0 Å². The predicted molar refractivity (Wildman–Crippen MR) is 55.2 cm³/mol. The summed E-state index contributed by atoms with van der Waals surface area (Å²) in [5.74, 6) is 0.727. The summed E-state index contributed by atoms with van der Waals surface area (Å²) in [4.78, 5) is 14.4. The molecular formula is C11H19NO. The van der Waals surface area contributed by atoms with Gasteiger partial charge in [-0.1, -0.05) is 19.3 Å².